The van der Waals surface area contributed by atoms with Crippen LogP contribution in [0.15, 0.2) is 60.9 Å². The minimum atomic E-state index is -0.200. The van der Waals surface area contributed by atoms with Gasteiger partial charge in [-0.15, -0.1) is 0 Å². The zero-order valence-electron chi connectivity index (χ0n) is 10.1. The third-order valence-corrected chi connectivity index (χ3v) is 2.78. The molecule has 0 saturated carbocycles. The number of carbonyl (C=O) groups is 1. The highest BCUT2D eigenvalue weighted by Crippen LogP contribution is 2.24. The number of aliphatic hydroxyl groups excluding tert-OH is 1. The predicted molar refractivity (Wildman–Crippen MR) is 72.7 cm³/mol. The van der Waals surface area contributed by atoms with Crippen LogP contribution in [0.25, 0.3) is 11.1 Å². The smallest absolute Gasteiger partial charge is 0.189 e. The fraction of sp³-hybridized carbons (Fsp3) is 0.0625. The average Bonchev–Trinajstić information content (AvgIpc) is 2.40. The van der Waals surface area contributed by atoms with E-state index in [9.17, 15) is 4.79 Å². The number of aliphatic hydroxyl groups is 1. The number of hydrogen-bond acceptors (Lipinski definition) is 2. The molecule has 0 radical (unpaired) electrons. The first-order valence-electron chi connectivity index (χ1n) is 5.73. The Morgan fingerprint density at radius 2 is 1.72 bits per heavy atom. The first-order valence-corrected chi connectivity index (χ1v) is 5.73. The number of benzene rings is 2. The summed E-state index contributed by atoms with van der Waals surface area (Å²) in [6.07, 6.45) is 1.93. The van der Waals surface area contributed by atoms with Crippen molar-refractivity contribution < 1.29 is 9.90 Å². The van der Waals surface area contributed by atoms with Crippen LogP contribution < -0.4 is 0 Å². The van der Waals surface area contributed by atoms with Crippen molar-refractivity contribution >= 4 is 5.78 Å². The van der Waals surface area contributed by atoms with Crippen molar-refractivity contribution in [3.05, 3.63) is 72.0 Å². The van der Waals surface area contributed by atoms with E-state index in [2.05, 4.69) is 0 Å². The van der Waals surface area contributed by atoms with Crippen molar-refractivity contribution in [3.63, 3.8) is 0 Å². The minimum absolute atomic E-state index is 0.200. The van der Waals surface area contributed by atoms with Gasteiger partial charge in [-0.3, -0.25) is 4.79 Å². The van der Waals surface area contributed by atoms with Gasteiger partial charge in [-0.25, -0.2) is 0 Å². The molecule has 0 aliphatic heterocycles. The molecular formula is C16H14O2. The van der Waals surface area contributed by atoms with Gasteiger partial charge in [0, 0.05) is 11.6 Å². The van der Waals surface area contributed by atoms with Crippen molar-refractivity contribution in [1.29, 1.82) is 0 Å². The molecule has 0 atom stereocenters. The van der Waals surface area contributed by atoms with Gasteiger partial charge in [-0.1, -0.05) is 54.1 Å². The van der Waals surface area contributed by atoms with Crippen molar-refractivity contribution in [2.45, 2.75) is 6.92 Å². The molecule has 2 aromatic rings. The predicted octanol–water partition coefficient (Wildman–Crippen LogP) is 3.92. The molecule has 2 aromatic carbocycles. The monoisotopic (exact) mass is 238 g/mol. The fourth-order valence-corrected chi connectivity index (χ4v) is 1.84. The van der Waals surface area contributed by atoms with Gasteiger partial charge in [0.1, 0.15) is 0 Å². The van der Waals surface area contributed by atoms with E-state index in [-0.39, 0.29) is 5.78 Å². The summed E-state index contributed by atoms with van der Waals surface area (Å²) < 4.78 is 0. The third kappa shape index (κ3) is 2.48. The molecule has 0 heterocycles. The Morgan fingerprint density at radius 3 is 2.39 bits per heavy atom. The van der Waals surface area contributed by atoms with Crippen LogP contribution in [-0.4, -0.2) is 10.9 Å². The average molecular weight is 238 g/mol. The SMILES string of the molecule is Cc1ccc(-c2ccccc2C(=O)C=CO)cc1. The van der Waals surface area contributed by atoms with Crippen molar-refractivity contribution in [2.24, 2.45) is 0 Å². The van der Waals surface area contributed by atoms with E-state index < -0.39 is 0 Å². The van der Waals surface area contributed by atoms with Gasteiger partial charge < -0.3 is 5.11 Å². The lowest BCUT2D eigenvalue weighted by atomic mass is 9.96. The number of aryl methyl sites for hydroxylation is 1. The number of ketones is 1. The molecule has 90 valence electrons. The minimum Gasteiger partial charge on any atom is -0.515 e. The highest BCUT2D eigenvalue weighted by atomic mass is 16.2. The highest BCUT2D eigenvalue weighted by Gasteiger charge is 2.09. The zero-order chi connectivity index (χ0) is 13.0. The van der Waals surface area contributed by atoms with Gasteiger partial charge in [0.2, 0.25) is 0 Å². The molecule has 0 saturated heterocycles. The van der Waals surface area contributed by atoms with Gasteiger partial charge in [0.25, 0.3) is 0 Å². The quantitative estimate of drug-likeness (QED) is 0.500. The van der Waals surface area contributed by atoms with Crippen molar-refractivity contribution in [3.8, 4) is 11.1 Å². The Hall–Kier alpha value is -2.35. The normalized spacial score (nSPS) is 10.7. The van der Waals surface area contributed by atoms with E-state index in [1.165, 1.54) is 5.56 Å². The van der Waals surface area contributed by atoms with Crippen molar-refractivity contribution in [2.75, 3.05) is 0 Å². The molecule has 0 aliphatic rings. The second-order valence-electron chi connectivity index (χ2n) is 4.09. The summed E-state index contributed by atoms with van der Waals surface area (Å²) in [5, 5.41) is 8.69. The van der Waals surface area contributed by atoms with Crippen LogP contribution in [0.2, 0.25) is 0 Å². The lowest BCUT2D eigenvalue weighted by Gasteiger charge is -2.07. The van der Waals surface area contributed by atoms with Gasteiger partial charge in [-0.05, 0) is 18.1 Å². The second kappa shape index (κ2) is 5.32. The maximum Gasteiger partial charge on any atom is 0.189 e. The first-order chi connectivity index (χ1) is 8.72. The number of rotatable bonds is 3. The topological polar surface area (TPSA) is 37.3 Å². The molecule has 0 aliphatic carbocycles. The summed E-state index contributed by atoms with van der Waals surface area (Å²) in [4.78, 5) is 11.9. The molecule has 0 aromatic heterocycles. The van der Waals surface area contributed by atoms with E-state index in [4.69, 9.17) is 5.11 Å². The standard InChI is InChI=1S/C16H14O2/c1-12-6-8-13(9-7-12)14-4-2-3-5-15(14)16(18)10-11-17/h2-11,17H,1H3. The van der Waals surface area contributed by atoms with Gasteiger partial charge in [0.05, 0.1) is 6.26 Å². The summed E-state index contributed by atoms with van der Waals surface area (Å²) in [7, 11) is 0. The van der Waals surface area contributed by atoms with E-state index in [0.717, 1.165) is 23.5 Å². The zero-order valence-corrected chi connectivity index (χ0v) is 10.1. The Balaban J connectivity index is 2.51. The van der Waals surface area contributed by atoms with Crippen LogP contribution in [0.1, 0.15) is 15.9 Å². The molecule has 0 bridgehead atoms. The maximum atomic E-state index is 11.9. The van der Waals surface area contributed by atoms with Crippen LogP contribution in [0.3, 0.4) is 0 Å². The van der Waals surface area contributed by atoms with Gasteiger partial charge in [0.15, 0.2) is 5.78 Å². The molecular weight excluding hydrogens is 224 g/mol. The molecule has 0 fully saturated rings. The maximum absolute atomic E-state index is 11.9. The van der Waals surface area contributed by atoms with Gasteiger partial charge >= 0.3 is 0 Å². The summed E-state index contributed by atoms with van der Waals surface area (Å²) >= 11 is 0. The second-order valence-corrected chi connectivity index (χ2v) is 4.09. The number of carbonyl (C=O) groups excluding carboxylic acids is 1. The Kier molecular flexibility index (Phi) is 3.58. The van der Waals surface area contributed by atoms with Gasteiger partial charge in [-0.2, -0.15) is 0 Å². The molecule has 2 heteroatoms. The van der Waals surface area contributed by atoms with Crippen molar-refractivity contribution in [1.82, 2.24) is 0 Å². The van der Waals surface area contributed by atoms with Crippen LogP contribution in [0, 0.1) is 6.92 Å². The fourth-order valence-electron chi connectivity index (χ4n) is 1.84. The lowest BCUT2D eigenvalue weighted by molar-refractivity contribution is 0.104. The van der Waals surface area contributed by atoms with E-state index in [1.54, 1.807) is 6.07 Å². The first kappa shape index (κ1) is 12.1. The van der Waals surface area contributed by atoms with E-state index >= 15 is 0 Å². The molecule has 0 spiro atoms. The largest absolute Gasteiger partial charge is 0.515 e. The van der Waals surface area contributed by atoms with Crippen LogP contribution in [0.5, 0.6) is 0 Å². The number of hydrogen-bond donors (Lipinski definition) is 1. The molecule has 1 N–H and O–H groups in total. The molecule has 2 rings (SSSR count). The highest BCUT2D eigenvalue weighted by molar-refractivity contribution is 6.08. The molecule has 0 amide bonds. The summed E-state index contributed by atoms with van der Waals surface area (Å²) in [5.74, 6) is -0.200. The third-order valence-electron chi connectivity index (χ3n) is 2.78. The van der Waals surface area contributed by atoms with Crippen LogP contribution >= 0.6 is 0 Å². The Labute approximate surface area is 106 Å². The molecule has 18 heavy (non-hydrogen) atoms. The molecule has 2 nitrogen and oxygen atoms in total. The Bertz CT molecular complexity index is 580. The van der Waals surface area contributed by atoms with E-state index in [0.29, 0.717) is 5.56 Å². The molecule has 0 unspecified atom stereocenters. The summed E-state index contributed by atoms with van der Waals surface area (Å²) in [6, 6.07) is 15.4. The number of allylic oxidation sites excluding steroid dienone is 1. The van der Waals surface area contributed by atoms with E-state index in [1.807, 2.05) is 49.4 Å². The van der Waals surface area contributed by atoms with Crippen LogP contribution in [-0.2, 0) is 0 Å². The summed E-state index contributed by atoms with van der Waals surface area (Å²) in [5.41, 5.74) is 3.64. The lowest BCUT2D eigenvalue weighted by Crippen LogP contribution is -1.97. The van der Waals surface area contributed by atoms with Crippen LogP contribution in [0.4, 0.5) is 0 Å². The Morgan fingerprint density at radius 1 is 1.06 bits per heavy atom. The summed E-state index contributed by atoms with van der Waals surface area (Å²) in [6.45, 7) is 2.02.